The second-order valence-corrected chi connectivity index (χ2v) is 2.08. The van der Waals surface area contributed by atoms with Crippen molar-refractivity contribution in [3.63, 3.8) is 0 Å². The topological polar surface area (TPSA) is 39.2 Å². The van der Waals surface area contributed by atoms with Gasteiger partial charge < -0.3 is 4.74 Å². The van der Waals surface area contributed by atoms with E-state index < -0.39 is 0 Å². The summed E-state index contributed by atoms with van der Waals surface area (Å²) in [6.45, 7) is 0. The van der Waals surface area contributed by atoms with Gasteiger partial charge in [0, 0.05) is 17.8 Å². The summed E-state index contributed by atoms with van der Waals surface area (Å²) in [4.78, 5) is 14.3. The molecule has 12 heavy (non-hydrogen) atoms. The van der Waals surface area contributed by atoms with Crippen LogP contribution in [0.25, 0.3) is 0 Å². The van der Waals surface area contributed by atoms with Gasteiger partial charge in [-0.3, -0.25) is 4.79 Å². The van der Waals surface area contributed by atoms with Crippen molar-refractivity contribution in [2.75, 3.05) is 7.11 Å². The van der Waals surface area contributed by atoms with Gasteiger partial charge in [-0.15, -0.1) is 6.42 Å². The van der Waals surface area contributed by atoms with Gasteiger partial charge in [-0.25, -0.2) is 4.98 Å². The van der Waals surface area contributed by atoms with Crippen molar-refractivity contribution < 1.29 is 9.53 Å². The Kier molecular flexibility index (Phi) is 2.44. The molecule has 3 nitrogen and oxygen atoms in total. The maximum atomic E-state index is 10.5. The predicted molar refractivity (Wildman–Crippen MR) is 44.1 cm³/mol. The molecule has 1 rings (SSSR count). The molecular formula is C9H7NO2. The van der Waals surface area contributed by atoms with Crippen LogP contribution in [0.15, 0.2) is 12.3 Å². The van der Waals surface area contributed by atoms with Crippen molar-refractivity contribution in [3.8, 4) is 18.2 Å². The Hall–Kier alpha value is -1.82. The van der Waals surface area contributed by atoms with Gasteiger partial charge in [0.1, 0.15) is 0 Å². The van der Waals surface area contributed by atoms with Crippen molar-refractivity contribution in [3.05, 3.63) is 23.4 Å². The third-order valence-electron chi connectivity index (χ3n) is 1.40. The van der Waals surface area contributed by atoms with Crippen molar-refractivity contribution in [1.29, 1.82) is 0 Å². The Morgan fingerprint density at radius 2 is 2.50 bits per heavy atom. The van der Waals surface area contributed by atoms with Gasteiger partial charge in [-0.2, -0.15) is 0 Å². The molecule has 1 aromatic heterocycles. The highest BCUT2D eigenvalue weighted by atomic mass is 16.5. The number of carbonyl (C=O) groups is 1. The van der Waals surface area contributed by atoms with Gasteiger partial charge >= 0.3 is 0 Å². The number of ether oxygens (including phenoxy) is 1. The predicted octanol–water partition coefficient (Wildman–Crippen LogP) is 0.884. The van der Waals surface area contributed by atoms with Crippen LogP contribution in [0, 0.1) is 12.3 Å². The number of carbonyl (C=O) groups excluding carboxylic acids is 1. The van der Waals surface area contributed by atoms with E-state index in [0.29, 0.717) is 23.3 Å². The van der Waals surface area contributed by atoms with E-state index in [1.54, 1.807) is 0 Å². The fraction of sp³-hybridized carbons (Fsp3) is 0.111. The third-order valence-corrected chi connectivity index (χ3v) is 1.40. The first-order valence-electron chi connectivity index (χ1n) is 3.27. The highest BCUT2D eigenvalue weighted by molar-refractivity contribution is 5.79. The number of aromatic nitrogens is 1. The summed E-state index contributed by atoms with van der Waals surface area (Å²) in [5, 5.41) is 0. The zero-order valence-corrected chi connectivity index (χ0v) is 6.57. The number of nitrogens with zero attached hydrogens (tertiary/aromatic N) is 1. The molecule has 0 radical (unpaired) electrons. The summed E-state index contributed by atoms with van der Waals surface area (Å²) in [5.41, 5.74) is 0.898. The molecule has 0 unspecified atom stereocenters. The molecule has 1 heterocycles. The highest BCUT2D eigenvalue weighted by Gasteiger charge is 2.01. The normalized spacial score (nSPS) is 8.67. The molecule has 0 aliphatic heterocycles. The van der Waals surface area contributed by atoms with E-state index in [1.807, 2.05) is 0 Å². The molecular weight excluding hydrogens is 154 g/mol. The van der Waals surface area contributed by atoms with E-state index in [2.05, 4.69) is 10.9 Å². The van der Waals surface area contributed by atoms with Gasteiger partial charge in [0.15, 0.2) is 6.29 Å². The molecule has 0 atom stereocenters. The Bertz CT molecular complexity index is 339. The quantitative estimate of drug-likeness (QED) is 0.477. The number of hydrogen-bond donors (Lipinski definition) is 0. The smallest absolute Gasteiger partial charge is 0.213 e. The SMILES string of the molecule is C#Cc1cnc(OC)cc1C=O. The lowest BCUT2D eigenvalue weighted by atomic mass is 10.2. The number of terminal acetylenes is 1. The zero-order valence-electron chi connectivity index (χ0n) is 6.57. The van der Waals surface area contributed by atoms with Crippen molar-refractivity contribution in [2.45, 2.75) is 0 Å². The lowest BCUT2D eigenvalue weighted by Gasteiger charge is -1.99. The molecule has 0 spiro atoms. The van der Waals surface area contributed by atoms with Crippen LogP contribution in [0.2, 0.25) is 0 Å². The first-order valence-corrected chi connectivity index (χ1v) is 3.27. The second kappa shape index (κ2) is 3.54. The highest BCUT2D eigenvalue weighted by Crippen LogP contribution is 2.10. The van der Waals surface area contributed by atoms with Crippen molar-refractivity contribution >= 4 is 6.29 Å². The largest absolute Gasteiger partial charge is 0.481 e. The summed E-state index contributed by atoms with van der Waals surface area (Å²) in [5.74, 6) is 2.73. The van der Waals surface area contributed by atoms with Gasteiger partial charge in [0.2, 0.25) is 5.88 Å². The summed E-state index contributed by atoms with van der Waals surface area (Å²) in [6.07, 6.45) is 7.24. The molecule has 0 bridgehead atoms. The van der Waals surface area contributed by atoms with E-state index in [9.17, 15) is 4.79 Å². The van der Waals surface area contributed by atoms with E-state index in [-0.39, 0.29) is 0 Å². The monoisotopic (exact) mass is 161 g/mol. The maximum absolute atomic E-state index is 10.5. The van der Waals surface area contributed by atoms with E-state index in [1.165, 1.54) is 19.4 Å². The molecule has 0 aliphatic rings. The lowest BCUT2D eigenvalue weighted by molar-refractivity contribution is 0.112. The molecule has 0 fully saturated rings. The minimum absolute atomic E-state index is 0.385. The van der Waals surface area contributed by atoms with Gasteiger partial charge in [0.25, 0.3) is 0 Å². The first-order chi connectivity index (χ1) is 5.81. The second-order valence-electron chi connectivity index (χ2n) is 2.08. The lowest BCUT2D eigenvalue weighted by Crippen LogP contribution is -1.93. The summed E-state index contributed by atoms with van der Waals surface area (Å²) in [7, 11) is 1.48. The maximum Gasteiger partial charge on any atom is 0.213 e. The summed E-state index contributed by atoms with van der Waals surface area (Å²) < 4.78 is 4.82. The molecule has 0 N–H and O–H groups in total. The van der Waals surface area contributed by atoms with Crippen LogP contribution >= 0.6 is 0 Å². The van der Waals surface area contributed by atoms with Crippen molar-refractivity contribution in [2.24, 2.45) is 0 Å². The number of methoxy groups -OCH3 is 1. The summed E-state index contributed by atoms with van der Waals surface area (Å²) in [6, 6.07) is 1.50. The van der Waals surface area contributed by atoms with E-state index in [4.69, 9.17) is 11.2 Å². The summed E-state index contributed by atoms with van der Waals surface area (Å²) >= 11 is 0. The molecule has 60 valence electrons. The molecule has 3 heteroatoms. The minimum Gasteiger partial charge on any atom is -0.481 e. The van der Waals surface area contributed by atoms with Crippen LogP contribution in [0.5, 0.6) is 5.88 Å². The minimum atomic E-state index is 0.385. The molecule has 0 saturated heterocycles. The average Bonchev–Trinajstić information content (AvgIpc) is 2.16. The van der Waals surface area contributed by atoms with Gasteiger partial charge in [-0.05, 0) is 0 Å². The number of rotatable bonds is 2. The number of pyridine rings is 1. The van der Waals surface area contributed by atoms with E-state index >= 15 is 0 Å². The van der Waals surface area contributed by atoms with Crippen LogP contribution in [-0.2, 0) is 0 Å². The van der Waals surface area contributed by atoms with Crippen LogP contribution < -0.4 is 4.74 Å². The fourth-order valence-electron chi connectivity index (χ4n) is 0.780. The number of aldehydes is 1. The molecule has 0 aromatic carbocycles. The molecule has 0 aliphatic carbocycles. The Balaban J connectivity index is 3.21. The molecule has 0 amide bonds. The first kappa shape index (κ1) is 8.28. The Morgan fingerprint density at radius 1 is 1.75 bits per heavy atom. The molecule has 1 aromatic rings. The van der Waals surface area contributed by atoms with Crippen molar-refractivity contribution in [1.82, 2.24) is 4.98 Å². The number of hydrogen-bond acceptors (Lipinski definition) is 3. The zero-order chi connectivity index (χ0) is 8.97. The fourth-order valence-corrected chi connectivity index (χ4v) is 0.780. The van der Waals surface area contributed by atoms with Gasteiger partial charge in [-0.1, -0.05) is 5.92 Å². The van der Waals surface area contributed by atoms with Crippen LogP contribution in [0.3, 0.4) is 0 Å². The van der Waals surface area contributed by atoms with Gasteiger partial charge in [0.05, 0.1) is 12.7 Å². The third kappa shape index (κ3) is 1.43. The Morgan fingerprint density at radius 3 is 3.00 bits per heavy atom. The van der Waals surface area contributed by atoms with Crippen LogP contribution in [0.4, 0.5) is 0 Å². The average molecular weight is 161 g/mol. The molecule has 0 saturated carbocycles. The Labute approximate surface area is 70.4 Å². The van der Waals surface area contributed by atoms with Crippen LogP contribution in [0.1, 0.15) is 15.9 Å². The van der Waals surface area contributed by atoms with E-state index in [0.717, 1.165) is 0 Å². The standard InChI is InChI=1S/C9H7NO2/c1-3-7-5-10-9(12-2)4-8(7)6-11/h1,4-6H,2H3. The van der Waals surface area contributed by atoms with Crippen LogP contribution in [-0.4, -0.2) is 18.4 Å².